The number of rotatable bonds is 1. The van der Waals surface area contributed by atoms with Crippen LogP contribution in [0.1, 0.15) is 0 Å². The van der Waals surface area contributed by atoms with Crippen molar-refractivity contribution >= 4 is 34.8 Å². The van der Waals surface area contributed by atoms with Crippen molar-refractivity contribution in [2.45, 2.75) is 0 Å². The maximum atomic E-state index is 11.2. The molecule has 0 radical (unpaired) electrons. The van der Waals surface area contributed by atoms with Crippen LogP contribution < -0.4 is 5.56 Å². The molecule has 0 fully saturated rings. The molecule has 0 spiro atoms. The van der Waals surface area contributed by atoms with E-state index in [2.05, 4.69) is 4.98 Å². The quantitative estimate of drug-likeness (QED) is 0.837. The van der Waals surface area contributed by atoms with Crippen LogP contribution in [-0.2, 0) is 0 Å². The number of nitrogens with one attached hydrogen (secondary N) is 1. The van der Waals surface area contributed by atoms with E-state index in [4.69, 9.17) is 34.8 Å². The molecule has 0 atom stereocenters. The molecule has 2 nitrogen and oxygen atoms in total. The molecule has 16 heavy (non-hydrogen) atoms. The van der Waals surface area contributed by atoms with E-state index in [1.165, 1.54) is 12.3 Å². The summed E-state index contributed by atoms with van der Waals surface area (Å²) in [4.78, 5) is 13.7. The fraction of sp³-hybridized carbons (Fsp3) is 0. The van der Waals surface area contributed by atoms with Crippen molar-refractivity contribution < 1.29 is 0 Å². The first-order chi connectivity index (χ1) is 7.58. The molecule has 1 N–H and O–H groups in total. The van der Waals surface area contributed by atoms with Gasteiger partial charge in [0, 0.05) is 33.4 Å². The minimum atomic E-state index is -0.231. The number of aromatic nitrogens is 1. The molecule has 2 aromatic rings. The van der Waals surface area contributed by atoms with Crippen molar-refractivity contribution in [1.29, 1.82) is 0 Å². The van der Waals surface area contributed by atoms with E-state index in [1.54, 1.807) is 18.2 Å². The average Bonchev–Trinajstić information content (AvgIpc) is 2.22. The van der Waals surface area contributed by atoms with Crippen LogP contribution in [0.5, 0.6) is 0 Å². The van der Waals surface area contributed by atoms with E-state index in [0.717, 1.165) is 0 Å². The maximum Gasteiger partial charge on any atom is 0.248 e. The molecule has 0 saturated carbocycles. The van der Waals surface area contributed by atoms with Gasteiger partial charge in [0.2, 0.25) is 5.56 Å². The Kier molecular flexibility index (Phi) is 3.24. The molecule has 0 bridgehead atoms. The zero-order valence-electron chi connectivity index (χ0n) is 7.93. The summed E-state index contributed by atoms with van der Waals surface area (Å²) in [7, 11) is 0. The van der Waals surface area contributed by atoms with Crippen molar-refractivity contribution in [2.24, 2.45) is 0 Å². The van der Waals surface area contributed by atoms with Crippen LogP contribution in [0.4, 0.5) is 0 Å². The van der Waals surface area contributed by atoms with Gasteiger partial charge in [0.05, 0.1) is 5.02 Å². The minimum Gasteiger partial charge on any atom is -0.328 e. The predicted molar refractivity (Wildman–Crippen MR) is 67.5 cm³/mol. The topological polar surface area (TPSA) is 32.9 Å². The first-order valence-electron chi connectivity index (χ1n) is 4.41. The van der Waals surface area contributed by atoms with Crippen LogP contribution in [0.2, 0.25) is 15.1 Å². The third-order valence-electron chi connectivity index (χ3n) is 2.10. The van der Waals surface area contributed by atoms with Gasteiger partial charge in [0.1, 0.15) is 0 Å². The Morgan fingerprint density at radius 1 is 0.938 bits per heavy atom. The summed E-state index contributed by atoms with van der Waals surface area (Å²) in [5.74, 6) is 0. The molecular formula is C11H6Cl3NO. The summed E-state index contributed by atoms with van der Waals surface area (Å²) in [6.45, 7) is 0. The Hall–Kier alpha value is -0.960. The summed E-state index contributed by atoms with van der Waals surface area (Å²) in [6.07, 6.45) is 1.43. The van der Waals surface area contributed by atoms with Crippen LogP contribution in [0.25, 0.3) is 11.1 Å². The summed E-state index contributed by atoms with van der Waals surface area (Å²) < 4.78 is 0. The van der Waals surface area contributed by atoms with E-state index >= 15 is 0 Å². The number of benzene rings is 1. The van der Waals surface area contributed by atoms with E-state index in [9.17, 15) is 4.79 Å². The highest BCUT2D eigenvalue weighted by atomic mass is 35.5. The summed E-state index contributed by atoms with van der Waals surface area (Å²) in [6, 6.07) is 6.43. The van der Waals surface area contributed by atoms with E-state index in [-0.39, 0.29) is 5.56 Å². The fourth-order valence-electron chi connectivity index (χ4n) is 1.37. The van der Waals surface area contributed by atoms with Gasteiger partial charge < -0.3 is 4.98 Å². The van der Waals surface area contributed by atoms with Gasteiger partial charge in [-0.15, -0.1) is 0 Å². The molecule has 5 heteroatoms. The van der Waals surface area contributed by atoms with Crippen molar-refractivity contribution in [3.8, 4) is 11.1 Å². The number of aromatic amines is 1. The maximum absolute atomic E-state index is 11.2. The first-order valence-corrected chi connectivity index (χ1v) is 5.55. The lowest BCUT2D eigenvalue weighted by atomic mass is 10.1. The second-order valence-corrected chi connectivity index (χ2v) is 4.43. The highest BCUT2D eigenvalue weighted by Gasteiger charge is 2.08. The second kappa shape index (κ2) is 4.50. The molecule has 0 aliphatic carbocycles. The predicted octanol–water partition coefficient (Wildman–Crippen LogP) is 4.00. The van der Waals surface area contributed by atoms with Gasteiger partial charge in [-0.25, -0.2) is 0 Å². The van der Waals surface area contributed by atoms with Crippen LogP contribution >= 0.6 is 34.8 Å². The Balaban J connectivity index is 2.67. The zero-order valence-corrected chi connectivity index (χ0v) is 10.2. The van der Waals surface area contributed by atoms with Crippen LogP contribution in [0, 0.1) is 0 Å². The van der Waals surface area contributed by atoms with Crippen LogP contribution in [0.15, 0.2) is 35.3 Å². The first kappa shape index (κ1) is 11.5. The van der Waals surface area contributed by atoms with Gasteiger partial charge in [-0.05, 0) is 12.1 Å². The minimum absolute atomic E-state index is 0.231. The lowest BCUT2D eigenvalue weighted by Gasteiger charge is -2.06. The Labute approximate surface area is 107 Å². The number of hydrogen-bond donors (Lipinski definition) is 1. The number of hydrogen-bond acceptors (Lipinski definition) is 1. The second-order valence-electron chi connectivity index (χ2n) is 3.18. The van der Waals surface area contributed by atoms with Gasteiger partial charge in [-0.1, -0.05) is 40.9 Å². The highest BCUT2D eigenvalue weighted by molar-refractivity contribution is 6.38. The molecule has 2 rings (SSSR count). The molecule has 0 aliphatic rings. The smallest absolute Gasteiger partial charge is 0.248 e. The molecule has 0 aliphatic heterocycles. The summed E-state index contributed by atoms with van der Waals surface area (Å²) in [5.41, 5.74) is 1.04. The molecule has 82 valence electrons. The van der Waals surface area contributed by atoms with E-state index in [1.807, 2.05) is 0 Å². The van der Waals surface area contributed by atoms with Crippen LogP contribution in [-0.4, -0.2) is 4.98 Å². The molecule has 0 amide bonds. The average molecular weight is 275 g/mol. The molecule has 1 heterocycles. The largest absolute Gasteiger partial charge is 0.328 e. The zero-order chi connectivity index (χ0) is 11.7. The molecule has 1 aromatic heterocycles. The molecule has 1 aromatic carbocycles. The lowest BCUT2D eigenvalue weighted by molar-refractivity contribution is 1.24. The van der Waals surface area contributed by atoms with Gasteiger partial charge in [-0.3, -0.25) is 4.79 Å². The monoisotopic (exact) mass is 273 g/mol. The fourth-order valence-corrected chi connectivity index (χ4v) is 2.09. The van der Waals surface area contributed by atoms with Gasteiger partial charge in [-0.2, -0.15) is 0 Å². The van der Waals surface area contributed by atoms with E-state index < -0.39 is 0 Å². The number of pyridine rings is 1. The highest BCUT2D eigenvalue weighted by Crippen LogP contribution is 2.33. The molecule has 0 saturated heterocycles. The number of H-pyrrole nitrogens is 1. The third kappa shape index (κ3) is 2.24. The van der Waals surface area contributed by atoms with Crippen molar-refractivity contribution in [1.82, 2.24) is 4.98 Å². The SMILES string of the molecule is O=c1cc(-c2ccc(Cl)cc2Cl)c(Cl)c[nH]1. The Bertz CT molecular complexity index is 592. The normalized spacial score (nSPS) is 10.4. The Morgan fingerprint density at radius 2 is 1.69 bits per heavy atom. The summed E-state index contributed by atoms with van der Waals surface area (Å²) >= 11 is 17.8. The molecular weight excluding hydrogens is 268 g/mol. The van der Waals surface area contributed by atoms with E-state index in [0.29, 0.717) is 26.2 Å². The van der Waals surface area contributed by atoms with Gasteiger partial charge in [0.15, 0.2) is 0 Å². The molecule has 0 unspecified atom stereocenters. The van der Waals surface area contributed by atoms with Crippen LogP contribution in [0.3, 0.4) is 0 Å². The van der Waals surface area contributed by atoms with Gasteiger partial charge in [0.25, 0.3) is 0 Å². The number of halogens is 3. The summed E-state index contributed by atoms with van der Waals surface area (Å²) in [5, 5.41) is 1.43. The third-order valence-corrected chi connectivity index (χ3v) is 2.96. The van der Waals surface area contributed by atoms with Crippen molar-refractivity contribution in [2.75, 3.05) is 0 Å². The Morgan fingerprint density at radius 3 is 2.38 bits per heavy atom. The van der Waals surface area contributed by atoms with Crippen molar-refractivity contribution in [3.05, 3.63) is 55.9 Å². The lowest BCUT2D eigenvalue weighted by Crippen LogP contribution is -2.03. The van der Waals surface area contributed by atoms with Crippen molar-refractivity contribution in [3.63, 3.8) is 0 Å². The standard InChI is InChI=1S/C11H6Cl3NO/c12-6-1-2-7(9(13)3-6)8-4-11(16)15-5-10(8)14/h1-5H,(H,15,16). The van der Waals surface area contributed by atoms with Gasteiger partial charge >= 0.3 is 0 Å².